The second kappa shape index (κ2) is 9.67. The number of ether oxygens (including phenoxy) is 1. The van der Waals surface area contributed by atoms with Gasteiger partial charge in [-0.1, -0.05) is 48.0 Å². The minimum Gasteiger partial charge on any atom is -0.462 e. The van der Waals surface area contributed by atoms with Gasteiger partial charge in [-0.15, -0.1) is 0 Å². The molecule has 0 saturated carbocycles. The number of para-hydroxylation sites is 1. The lowest BCUT2D eigenvalue weighted by Crippen LogP contribution is -2.16. The summed E-state index contributed by atoms with van der Waals surface area (Å²) in [5, 5.41) is 8.59. The van der Waals surface area contributed by atoms with E-state index >= 15 is 0 Å². The normalized spacial score (nSPS) is 11.1. The van der Waals surface area contributed by atoms with Crippen molar-refractivity contribution in [1.29, 1.82) is 0 Å². The van der Waals surface area contributed by atoms with Crippen LogP contribution in [-0.2, 0) is 9.53 Å². The molecule has 0 radical (unpaired) electrons. The molecular weight excluding hydrogens is 440 g/mol. The van der Waals surface area contributed by atoms with Gasteiger partial charge in [0.25, 0.3) is 0 Å². The third-order valence-corrected chi connectivity index (χ3v) is 5.30. The average molecular weight is 461 g/mol. The van der Waals surface area contributed by atoms with Crippen molar-refractivity contribution in [2.24, 2.45) is 0 Å². The first-order valence-electron chi connectivity index (χ1n) is 10.3. The van der Waals surface area contributed by atoms with Crippen molar-refractivity contribution in [3.63, 3.8) is 0 Å². The molecule has 2 aromatic heterocycles. The maximum absolute atomic E-state index is 12.7. The number of anilines is 1. The summed E-state index contributed by atoms with van der Waals surface area (Å²) < 4.78 is 6.56. The number of amides is 1. The molecule has 1 amide bonds. The predicted molar refractivity (Wildman–Crippen MR) is 129 cm³/mol. The molecular formula is C25H21ClN4O3. The maximum Gasteiger partial charge on any atom is 0.343 e. The quantitative estimate of drug-likeness (QED) is 0.315. The van der Waals surface area contributed by atoms with Gasteiger partial charge in [0.1, 0.15) is 5.56 Å². The third-order valence-electron chi connectivity index (χ3n) is 4.95. The zero-order valence-corrected chi connectivity index (χ0v) is 18.8. The van der Waals surface area contributed by atoms with Gasteiger partial charge in [0.05, 0.1) is 18.3 Å². The van der Waals surface area contributed by atoms with Crippen LogP contribution in [0.1, 0.15) is 28.4 Å². The number of benzene rings is 2. The molecule has 0 atom stereocenters. The maximum atomic E-state index is 12.7. The number of hydrogen-bond acceptors (Lipinski definition) is 5. The van der Waals surface area contributed by atoms with Crippen LogP contribution in [0.3, 0.4) is 0 Å². The van der Waals surface area contributed by atoms with Crippen molar-refractivity contribution >= 4 is 46.3 Å². The van der Waals surface area contributed by atoms with Gasteiger partial charge in [-0.05, 0) is 49.2 Å². The Kier molecular flexibility index (Phi) is 6.51. The fourth-order valence-electron chi connectivity index (χ4n) is 3.37. The van der Waals surface area contributed by atoms with Gasteiger partial charge in [0.15, 0.2) is 11.6 Å². The lowest BCUT2D eigenvalue weighted by atomic mass is 10.1. The molecule has 7 nitrogen and oxygen atoms in total. The average Bonchev–Trinajstić information content (AvgIpc) is 3.22. The largest absolute Gasteiger partial charge is 0.462 e. The van der Waals surface area contributed by atoms with Crippen LogP contribution >= 0.6 is 11.6 Å². The molecule has 0 fully saturated rings. The summed E-state index contributed by atoms with van der Waals surface area (Å²) in [4.78, 5) is 29.9. The van der Waals surface area contributed by atoms with Gasteiger partial charge in [0, 0.05) is 16.5 Å². The monoisotopic (exact) mass is 460 g/mol. The van der Waals surface area contributed by atoms with E-state index in [1.54, 1.807) is 25.1 Å². The van der Waals surface area contributed by atoms with Crippen molar-refractivity contribution in [1.82, 2.24) is 14.8 Å². The van der Waals surface area contributed by atoms with Crippen LogP contribution in [0, 0.1) is 6.92 Å². The van der Waals surface area contributed by atoms with E-state index in [1.807, 2.05) is 49.4 Å². The van der Waals surface area contributed by atoms with E-state index in [1.165, 1.54) is 17.0 Å². The van der Waals surface area contributed by atoms with Gasteiger partial charge in [-0.3, -0.25) is 4.79 Å². The number of aromatic nitrogens is 3. The molecule has 8 heteroatoms. The second-order valence-electron chi connectivity index (χ2n) is 7.20. The molecule has 1 N–H and O–H groups in total. The smallest absolute Gasteiger partial charge is 0.343 e. The topological polar surface area (TPSA) is 86.1 Å². The molecule has 0 aliphatic rings. The summed E-state index contributed by atoms with van der Waals surface area (Å²) >= 11 is 6.15. The molecule has 0 saturated heterocycles. The number of aryl methyl sites for hydroxylation is 1. The van der Waals surface area contributed by atoms with Gasteiger partial charge in [0.2, 0.25) is 5.91 Å². The standard InChI is InChI=1S/C25H21ClN4O3/c1-3-33-25(32)19-15-27-30(22-14-16(2)18-9-5-7-11-21(18)28-22)24(19)29-23(31)13-12-17-8-4-6-10-20(17)26/h4-15H,3H2,1-2H3,(H,29,31)/b13-12+. The van der Waals surface area contributed by atoms with E-state index in [0.29, 0.717) is 16.4 Å². The minimum atomic E-state index is -0.591. The molecule has 0 bridgehead atoms. The second-order valence-corrected chi connectivity index (χ2v) is 7.60. The summed E-state index contributed by atoms with van der Waals surface area (Å²) in [6.45, 7) is 3.87. The van der Waals surface area contributed by atoms with E-state index in [4.69, 9.17) is 16.3 Å². The first kappa shape index (κ1) is 22.2. The Labute approximate surface area is 195 Å². The highest BCUT2D eigenvalue weighted by Gasteiger charge is 2.22. The fraction of sp³-hybridized carbons (Fsp3) is 0.120. The summed E-state index contributed by atoms with van der Waals surface area (Å²) in [6, 6.07) is 16.7. The first-order chi connectivity index (χ1) is 16.0. The lowest BCUT2D eigenvalue weighted by Gasteiger charge is -2.11. The molecule has 0 unspecified atom stereocenters. The highest BCUT2D eigenvalue weighted by atomic mass is 35.5. The van der Waals surface area contributed by atoms with Crippen LogP contribution in [-0.4, -0.2) is 33.2 Å². The molecule has 166 valence electrons. The van der Waals surface area contributed by atoms with E-state index in [2.05, 4.69) is 15.4 Å². The molecule has 4 aromatic rings. The van der Waals surface area contributed by atoms with Crippen LogP contribution < -0.4 is 5.32 Å². The Morgan fingerprint density at radius 1 is 1.15 bits per heavy atom. The lowest BCUT2D eigenvalue weighted by molar-refractivity contribution is -0.111. The number of nitrogens with zero attached hydrogens (tertiary/aromatic N) is 3. The van der Waals surface area contributed by atoms with Crippen molar-refractivity contribution in [2.75, 3.05) is 11.9 Å². The zero-order chi connectivity index (χ0) is 23.4. The number of fused-ring (bicyclic) bond motifs is 1. The van der Waals surface area contributed by atoms with Gasteiger partial charge in [-0.2, -0.15) is 9.78 Å². The highest BCUT2D eigenvalue weighted by molar-refractivity contribution is 6.32. The molecule has 2 heterocycles. The Balaban J connectivity index is 1.73. The van der Waals surface area contributed by atoms with Crippen LogP contribution in [0.15, 0.2) is 66.9 Å². The summed E-state index contributed by atoms with van der Waals surface area (Å²) in [5.41, 5.74) is 2.58. The molecule has 2 aromatic carbocycles. The van der Waals surface area contributed by atoms with Crippen LogP contribution in [0.5, 0.6) is 0 Å². The number of esters is 1. The van der Waals surface area contributed by atoms with Crippen LogP contribution in [0.4, 0.5) is 5.82 Å². The van der Waals surface area contributed by atoms with Crippen molar-refractivity contribution in [3.8, 4) is 5.82 Å². The number of carbonyl (C=O) groups excluding carboxylic acids is 2. The van der Waals surface area contributed by atoms with Gasteiger partial charge < -0.3 is 10.1 Å². The van der Waals surface area contributed by atoms with Crippen molar-refractivity contribution < 1.29 is 14.3 Å². The fourth-order valence-corrected chi connectivity index (χ4v) is 3.57. The number of carbonyl (C=O) groups is 2. The predicted octanol–water partition coefficient (Wildman–Crippen LogP) is 5.21. The number of hydrogen-bond donors (Lipinski definition) is 1. The Bertz CT molecular complexity index is 1380. The molecule has 33 heavy (non-hydrogen) atoms. The number of nitrogens with one attached hydrogen (secondary N) is 1. The number of pyridine rings is 1. The minimum absolute atomic E-state index is 0.129. The Morgan fingerprint density at radius 3 is 2.70 bits per heavy atom. The van der Waals surface area contributed by atoms with E-state index in [-0.39, 0.29) is 18.0 Å². The summed E-state index contributed by atoms with van der Waals surface area (Å²) in [6.07, 6.45) is 4.30. The Hall–Kier alpha value is -3.97. The number of rotatable bonds is 6. The SMILES string of the molecule is CCOC(=O)c1cnn(-c2cc(C)c3ccccc3n2)c1NC(=O)/C=C/c1ccccc1Cl. The number of halogens is 1. The van der Waals surface area contributed by atoms with E-state index < -0.39 is 11.9 Å². The van der Waals surface area contributed by atoms with Crippen molar-refractivity contribution in [3.05, 3.63) is 88.6 Å². The highest BCUT2D eigenvalue weighted by Crippen LogP contribution is 2.25. The van der Waals surface area contributed by atoms with Crippen LogP contribution in [0.2, 0.25) is 5.02 Å². The molecule has 0 aliphatic carbocycles. The van der Waals surface area contributed by atoms with Crippen molar-refractivity contribution in [2.45, 2.75) is 13.8 Å². The molecule has 0 aliphatic heterocycles. The van der Waals surface area contributed by atoms with E-state index in [9.17, 15) is 9.59 Å². The van der Waals surface area contributed by atoms with E-state index in [0.717, 1.165) is 16.5 Å². The Morgan fingerprint density at radius 2 is 1.91 bits per heavy atom. The molecule has 4 rings (SSSR count). The zero-order valence-electron chi connectivity index (χ0n) is 18.1. The summed E-state index contributed by atoms with van der Waals surface area (Å²) in [7, 11) is 0. The third kappa shape index (κ3) is 4.78. The molecule has 0 spiro atoms. The van der Waals surface area contributed by atoms with Crippen LogP contribution in [0.25, 0.3) is 22.8 Å². The van der Waals surface area contributed by atoms with Gasteiger partial charge in [-0.25, -0.2) is 9.78 Å². The van der Waals surface area contributed by atoms with Gasteiger partial charge >= 0.3 is 5.97 Å². The first-order valence-corrected chi connectivity index (χ1v) is 10.7. The summed E-state index contributed by atoms with van der Waals surface area (Å²) in [5.74, 6) is -0.414.